The molecule has 1 aliphatic rings. The zero-order chi connectivity index (χ0) is 17.5. The Bertz CT molecular complexity index is 1080. The number of aromatic nitrogens is 6. The standard InChI is InChI=1S/C18H19N7O/c1-11-10-25-16(21-11)3-2-15(24-25)13-8-19-17-14(13)9-20-18(23-17)22-12-4-6-26-7-5-12/h2-3,8-10,12H,4-7H2,1H3,(H2,19,20,22,23). The van der Waals surface area contributed by atoms with Gasteiger partial charge in [-0.25, -0.2) is 14.5 Å². The van der Waals surface area contributed by atoms with E-state index in [1.807, 2.05) is 37.6 Å². The lowest BCUT2D eigenvalue weighted by Gasteiger charge is -2.22. The highest BCUT2D eigenvalue weighted by Crippen LogP contribution is 2.26. The Balaban J connectivity index is 1.48. The van der Waals surface area contributed by atoms with Gasteiger partial charge in [0, 0.05) is 42.6 Å². The van der Waals surface area contributed by atoms with E-state index >= 15 is 0 Å². The van der Waals surface area contributed by atoms with Gasteiger partial charge in [0.15, 0.2) is 5.65 Å². The van der Waals surface area contributed by atoms with Crippen LogP contribution in [0.15, 0.2) is 30.7 Å². The van der Waals surface area contributed by atoms with E-state index in [4.69, 9.17) is 4.74 Å². The third-order valence-electron chi connectivity index (χ3n) is 4.70. The van der Waals surface area contributed by atoms with Crippen LogP contribution < -0.4 is 5.32 Å². The number of anilines is 1. The number of aromatic amines is 1. The lowest BCUT2D eigenvalue weighted by Crippen LogP contribution is -2.28. The van der Waals surface area contributed by atoms with Gasteiger partial charge in [-0.3, -0.25) is 0 Å². The van der Waals surface area contributed by atoms with E-state index in [0.717, 1.165) is 59.7 Å². The summed E-state index contributed by atoms with van der Waals surface area (Å²) in [6.45, 7) is 3.53. The number of hydrogen-bond acceptors (Lipinski definition) is 6. The van der Waals surface area contributed by atoms with Crippen molar-refractivity contribution in [1.29, 1.82) is 0 Å². The second-order valence-corrected chi connectivity index (χ2v) is 6.59. The normalized spacial score (nSPS) is 15.7. The van der Waals surface area contributed by atoms with Crippen molar-refractivity contribution in [3.05, 3.63) is 36.4 Å². The molecule has 8 nitrogen and oxygen atoms in total. The molecule has 0 aliphatic carbocycles. The summed E-state index contributed by atoms with van der Waals surface area (Å²) in [5, 5.41) is 9.00. The van der Waals surface area contributed by atoms with Crippen LogP contribution in [0.4, 0.5) is 5.95 Å². The number of hydrogen-bond donors (Lipinski definition) is 2. The second-order valence-electron chi connectivity index (χ2n) is 6.59. The predicted octanol–water partition coefficient (Wildman–Crippen LogP) is 2.57. The largest absolute Gasteiger partial charge is 0.381 e. The highest BCUT2D eigenvalue weighted by atomic mass is 16.5. The van der Waals surface area contributed by atoms with Crippen LogP contribution in [-0.4, -0.2) is 48.8 Å². The van der Waals surface area contributed by atoms with E-state index in [1.165, 1.54) is 0 Å². The van der Waals surface area contributed by atoms with Gasteiger partial charge in [0.25, 0.3) is 0 Å². The Labute approximate surface area is 149 Å². The first-order valence-corrected chi connectivity index (χ1v) is 8.78. The Kier molecular flexibility index (Phi) is 3.56. The van der Waals surface area contributed by atoms with Gasteiger partial charge >= 0.3 is 0 Å². The van der Waals surface area contributed by atoms with Crippen molar-refractivity contribution in [2.45, 2.75) is 25.8 Å². The van der Waals surface area contributed by atoms with Crippen molar-refractivity contribution >= 4 is 22.6 Å². The van der Waals surface area contributed by atoms with Gasteiger partial charge in [0.2, 0.25) is 5.95 Å². The molecule has 1 saturated heterocycles. The number of H-pyrrole nitrogens is 1. The maximum atomic E-state index is 5.39. The van der Waals surface area contributed by atoms with E-state index < -0.39 is 0 Å². The van der Waals surface area contributed by atoms with Gasteiger partial charge in [0.1, 0.15) is 5.65 Å². The molecule has 4 aromatic rings. The summed E-state index contributed by atoms with van der Waals surface area (Å²) in [4.78, 5) is 16.8. The molecule has 1 aliphatic heterocycles. The minimum absolute atomic E-state index is 0.365. The van der Waals surface area contributed by atoms with Crippen LogP contribution in [0, 0.1) is 6.92 Å². The number of fused-ring (bicyclic) bond motifs is 2. The first-order chi connectivity index (χ1) is 12.8. The Morgan fingerprint density at radius 2 is 2.12 bits per heavy atom. The van der Waals surface area contributed by atoms with E-state index in [1.54, 1.807) is 4.52 Å². The van der Waals surface area contributed by atoms with Gasteiger partial charge in [-0.1, -0.05) is 0 Å². The van der Waals surface area contributed by atoms with E-state index in [0.29, 0.717) is 12.0 Å². The molecule has 5 rings (SSSR count). The van der Waals surface area contributed by atoms with E-state index in [-0.39, 0.29) is 0 Å². The minimum Gasteiger partial charge on any atom is -0.381 e. The molecular formula is C18H19N7O. The lowest BCUT2D eigenvalue weighted by molar-refractivity contribution is 0.0903. The van der Waals surface area contributed by atoms with Gasteiger partial charge in [-0.05, 0) is 31.9 Å². The molecular weight excluding hydrogens is 330 g/mol. The summed E-state index contributed by atoms with van der Waals surface area (Å²) in [6.07, 6.45) is 7.65. The fourth-order valence-corrected chi connectivity index (χ4v) is 3.36. The first kappa shape index (κ1) is 15.3. The third kappa shape index (κ3) is 2.68. The quantitative estimate of drug-likeness (QED) is 0.590. The summed E-state index contributed by atoms with van der Waals surface area (Å²) in [6, 6.07) is 4.30. The fourth-order valence-electron chi connectivity index (χ4n) is 3.36. The van der Waals surface area contributed by atoms with Gasteiger partial charge < -0.3 is 15.0 Å². The second kappa shape index (κ2) is 6.06. The van der Waals surface area contributed by atoms with Crippen LogP contribution in [-0.2, 0) is 4.74 Å². The summed E-state index contributed by atoms with van der Waals surface area (Å²) < 4.78 is 7.19. The molecule has 2 N–H and O–H groups in total. The smallest absolute Gasteiger partial charge is 0.224 e. The Hall–Kier alpha value is -3.00. The number of aryl methyl sites for hydroxylation is 1. The van der Waals surface area contributed by atoms with Crippen LogP contribution in [0.25, 0.3) is 27.9 Å². The number of rotatable bonds is 3. The highest BCUT2D eigenvalue weighted by molar-refractivity contribution is 5.92. The summed E-state index contributed by atoms with van der Waals surface area (Å²) in [5.74, 6) is 0.645. The van der Waals surface area contributed by atoms with Crippen LogP contribution in [0.5, 0.6) is 0 Å². The SMILES string of the molecule is Cc1cn2nc(-c3c[nH]c4nc(NC5CCOCC5)ncc34)ccc2n1. The molecule has 8 heteroatoms. The van der Waals surface area contributed by atoms with E-state index in [9.17, 15) is 0 Å². The maximum Gasteiger partial charge on any atom is 0.224 e. The lowest BCUT2D eigenvalue weighted by atomic mass is 10.1. The molecule has 4 aromatic heterocycles. The minimum atomic E-state index is 0.365. The van der Waals surface area contributed by atoms with Gasteiger partial charge in [-0.2, -0.15) is 10.1 Å². The topological polar surface area (TPSA) is 93.0 Å². The predicted molar refractivity (Wildman–Crippen MR) is 98.1 cm³/mol. The van der Waals surface area contributed by atoms with Gasteiger partial charge in [0.05, 0.1) is 17.6 Å². The van der Waals surface area contributed by atoms with Crippen LogP contribution in [0.2, 0.25) is 0 Å². The van der Waals surface area contributed by atoms with Crippen LogP contribution in [0.1, 0.15) is 18.5 Å². The molecule has 5 heterocycles. The fraction of sp³-hybridized carbons (Fsp3) is 0.333. The maximum absolute atomic E-state index is 5.39. The molecule has 0 amide bonds. The molecule has 0 aromatic carbocycles. The average molecular weight is 349 g/mol. The molecule has 0 spiro atoms. The number of nitrogens with one attached hydrogen (secondary N) is 2. The molecule has 0 unspecified atom stereocenters. The first-order valence-electron chi connectivity index (χ1n) is 8.78. The highest BCUT2D eigenvalue weighted by Gasteiger charge is 2.16. The average Bonchev–Trinajstić information content (AvgIpc) is 3.23. The number of imidazole rings is 1. The molecule has 0 atom stereocenters. The Morgan fingerprint density at radius 1 is 1.23 bits per heavy atom. The third-order valence-corrected chi connectivity index (χ3v) is 4.70. The zero-order valence-corrected chi connectivity index (χ0v) is 14.4. The zero-order valence-electron chi connectivity index (χ0n) is 14.4. The van der Waals surface area contributed by atoms with Crippen LogP contribution >= 0.6 is 0 Å². The number of nitrogens with zero attached hydrogens (tertiary/aromatic N) is 5. The molecule has 0 bridgehead atoms. The van der Waals surface area contributed by atoms with Crippen molar-refractivity contribution in [2.75, 3.05) is 18.5 Å². The van der Waals surface area contributed by atoms with Crippen molar-refractivity contribution in [3.8, 4) is 11.3 Å². The molecule has 26 heavy (non-hydrogen) atoms. The molecule has 1 fully saturated rings. The Morgan fingerprint density at radius 3 is 3.00 bits per heavy atom. The molecule has 0 saturated carbocycles. The van der Waals surface area contributed by atoms with E-state index in [2.05, 4.69) is 30.4 Å². The number of ether oxygens (including phenoxy) is 1. The summed E-state index contributed by atoms with van der Waals surface area (Å²) >= 11 is 0. The molecule has 132 valence electrons. The summed E-state index contributed by atoms with van der Waals surface area (Å²) in [7, 11) is 0. The summed E-state index contributed by atoms with van der Waals surface area (Å²) in [5.41, 5.74) is 4.42. The van der Waals surface area contributed by atoms with Crippen molar-refractivity contribution in [3.63, 3.8) is 0 Å². The van der Waals surface area contributed by atoms with Crippen LogP contribution in [0.3, 0.4) is 0 Å². The van der Waals surface area contributed by atoms with Gasteiger partial charge in [-0.15, -0.1) is 0 Å². The monoisotopic (exact) mass is 349 g/mol. The van der Waals surface area contributed by atoms with Crippen molar-refractivity contribution in [2.24, 2.45) is 0 Å². The van der Waals surface area contributed by atoms with Crippen molar-refractivity contribution < 1.29 is 4.74 Å². The van der Waals surface area contributed by atoms with Crippen molar-refractivity contribution in [1.82, 2.24) is 29.5 Å². The molecule has 0 radical (unpaired) electrons.